The predicted octanol–water partition coefficient (Wildman–Crippen LogP) is 2.63. The van der Waals surface area contributed by atoms with Gasteiger partial charge in [-0.05, 0) is 24.1 Å². The van der Waals surface area contributed by atoms with E-state index < -0.39 is 0 Å². The second-order valence-electron chi connectivity index (χ2n) is 4.12. The Morgan fingerprint density at radius 2 is 1.94 bits per heavy atom. The molecule has 0 bridgehead atoms. The van der Waals surface area contributed by atoms with Crippen LogP contribution in [0.2, 0.25) is 10.0 Å². The fraction of sp³-hybridized carbons (Fsp3) is 0.500. The van der Waals surface area contributed by atoms with Crippen molar-refractivity contribution in [1.29, 1.82) is 0 Å². The molecule has 0 amide bonds. The van der Waals surface area contributed by atoms with Gasteiger partial charge in [-0.1, -0.05) is 29.3 Å². The van der Waals surface area contributed by atoms with Crippen LogP contribution in [0.3, 0.4) is 0 Å². The van der Waals surface area contributed by atoms with E-state index in [1.165, 1.54) is 0 Å². The minimum Gasteiger partial charge on any atom is -0.350 e. The minimum atomic E-state index is -0.159. The minimum absolute atomic E-state index is 0.00431. The number of halogens is 2. The molecule has 0 aromatic heterocycles. The van der Waals surface area contributed by atoms with Gasteiger partial charge in [-0.3, -0.25) is 0 Å². The highest BCUT2D eigenvalue weighted by Gasteiger charge is 2.19. The summed E-state index contributed by atoms with van der Waals surface area (Å²) in [6.07, 6.45) is 1.27. The highest BCUT2D eigenvalue weighted by molar-refractivity contribution is 6.42. The van der Waals surface area contributed by atoms with Gasteiger partial charge in [-0.2, -0.15) is 0 Å². The summed E-state index contributed by atoms with van der Waals surface area (Å²) in [6.45, 7) is 1.31. The van der Waals surface area contributed by atoms with E-state index >= 15 is 0 Å². The summed E-state index contributed by atoms with van der Waals surface area (Å²) < 4.78 is 10.7. The zero-order valence-corrected chi connectivity index (χ0v) is 10.9. The topological polar surface area (TPSA) is 44.5 Å². The first kappa shape index (κ1) is 13.1. The van der Waals surface area contributed by atoms with Crippen molar-refractivity contribution in [3.8, 4) is 0 Å². The van der Waals surface area contributed by atoms with Crippen LogP contribution < -0.4 is 5.73 Å². The van der Waals surface area contributed by atoms with Crippen LogP contribution in [-0.2, 0) is 15.9 Å². The van der Waals surface area contributed by atoms with Crippen molar-refractivity contribution in [2.45, 2.75) is 25.2 Å². The fourth-order valence-electron chi connectivity index (χ4n) is 1.84. The van der Waals surface area contributed by atoms with Crippen molar-refractivity contribution in [1.82, 2.24) is 0 Å². The van der Waals surface area contributed by atoms with Gasteiger partial charge in [0.05, 0.1) is 23.3 Å². The van der Waals surface area contributed by atoms with E-state index in [0.717, 1.165) is 12.0 Å². The van der Waals surface area contributed by atoms with Crippen molar-refractivity contribution in [2.75, 3.05) is 13.2 Å². The summed E-state index contributed by atoms with van der Waals surface area (Å²) in [5.41, 5.74) is 7.11. The SMILES string of the molecule is NC(Cc1ccc(Cl)c(Cl)c1)CC1OCCO1. The van der Waals surface area contributed by atoms with Crippen molar-refractivity contribution in [3.63, 3.8) is 0 Å². The lowest BCUT2D eigenvalue weighted by atomic mass is 10.0. The number of hydrogen-bond acceptors (Lipinski definition) is 3. The normalized spacial score (nSPS) is 18.5. The monoisotopic (exact) mass is 275 g/mol. The smallest absolute Gasteiger partial charge is 0.159 e. The van der Waals surface area contributed by atoms with Gasteiger partial charge in [0.1, 0.15) is 0 Å². The van der Waals surface area contributed by atoms with Crippen molar-refractivity contribution in [2.24, 2.45) is 5.73 Å². The molecule has 1 atom stereocenters. The van der Waals surface area contributed by atoms with Gasteiger partial charge >= 0.3 is 0 Å². The van der Waals surface area contributed by atoms with E-state index in [4.69, 9.17) is 38.4 Å². The predicted molar refractivity (Wildman–Crippen MR) is 68.5 cm³/mol. The molecule has 0 spiro atoms. The lowest BCUT2D eigenvalue weighted by Gasteiger charge is -2.15. The van der Waals surface area contributed by atoms with Crippen LogP contribution in [0.25, 0.3) is 0 Å². The summed E-state index contributed by atoms with van der Waals surface area (Å²) in [5.74, 6) is 0. The quantitative estimate of drug-likeness (QED) is 0.919. The molecule has 0 aliphatic carbocycles. The van der Waals surface area contributed by atoms with Crippen molar-refractivity contribution in [3.05, 3.63) is 33.8 Å². The van der Waals surface area contributed by atoms with E-state index in [-0.39, 0.29) is 12.3 Å². The molecule has 5 heteroatoms. The zero-order chi connectivity index (χ0) is 12.3. The third kappa shape index (κ3) is 3.83. The maximum atomic E-state index is 6.04. The Labute approximate surface area is 111 Å². The standard InChI is InChI=1S/C12H15Cl2NO2/c13-10-2-1-8(6-11(10)14)5-9(15)7-12-16-3-4-17-12/h1-2,6,9,12H,3-5,7,15H2. The highest BCUT2D eigenvalue weighted by atomic mass is 35.5. The Balaban J connectivity index is 1.88. The average molecular weight is 276 g/mol. The van der Waals surface area contributed by atoms with Gasteiger partial charge < -0.3 is 15.2 Å². The Morgan fingerprint density at radius 3 is 2.59 bits per heavy atom. The van der Waals surface area contributed by atoms with Gasteiger partial charge in [0, 0.05) is 12.5 Å². The molecule has 0 saturated carbocycles. The van der Waals surface area contributed by atoms with Crippen LogP contribution in [-0.4, -0.2) is 25.5 Å². The first-order valence-corrected chi connectivity index (χ1v) is 6.33. The van der Waals surface area contributed by atoms with Gasteiger partial charge in [-0.25, -0.2) is 0 Å². The maximum Gasteiger partial charge on any atom is 0.159 e. The molecule has 1 aromatic carbocycles. The molecular formula is C12H15Cl2NO2. The molecule has 1 heterocycles. The summed E-state index contributed by atoms with van der Waals surface area (Å²) >= 11 is 11.8. The molecule has 3 nitrogen and oxygen atoms in total. The van der Waals surface area contributed by atoms with E-state index in [1.807, 2.05) is 12.1 Å². The van der Waals surface area contributed by atoms with Crippen LogP contribution in [0.4, 0.5) is 0 Å². The Bertz CT molecular complexity index is 381. The van der Waals surface area contributed by atoms with Gasteiger partial charge in [0.15, 0.2) is 6.29 Å². The molecule has 0 radical (unpaired) electrons. The van der Waals surface area contributed by atoms with Crippen molar-refractivity contribution >= 4 is 23.2 Å². The first-order valence-electron chi connectivity index (χ1n) is 5.58. The fourth-order valence-corrected chi connectivity index (χ4v) is 2.16. The van der Waals surface area contributed by atoms with E-state index in [0.29, 0.717) is 29.7 Å². The maximum absolute atomic E-state index is 6.04. The lowest BCUT2D eigenvalue weighted by molar-refractivity contribution is -0.0504. The summed E-state index contributed by atoms with van der Waals surface area (Å²) in [4.78, 5) is 0. The molecule has 2 rings (SSSR count). The van der Waals surface area contributed by atoms with E-state index in [1.54, 1.807) is 6.07 Å². The van der Waals surface area contributed by atoms with Crippen LogP contribution in [0, 0.1) is 0 Å². The van der Waals surface area contributed by atoms with Crippen LogP contribution in [0.1, 0.15) is 12.0 Å². The molecule has 17 heavy (non-hydrogen) atoms. The molecular weight excluding hydrogens is 261 g/mol. The molecule has 1 fully saturated rings. The third-order valence-electron chi connectivity index (χ3n) is 2.67. The van der Waals surface area contributed by atoms with Crippen LogP contribution in [0.15, 0.2) is 18.2 Å². The molecule has 94 valence electrons. The lowest BCUT2D eigenvalue weighted by Crippen LogP contribution is -2.28. The molecule has 1 aliphatic heterocycles. The number of nitrogens with two attached hydrogens (primary N) is 1. The number of benzene rings is 1. The summed E-state index contributed by atoms with van der Waals surface area (Å²) in [7, 11) is 0. The molecule has 2 N–H and O–H groups in total. The van der Waals surface area contributed by atoms with Gasteiger partial charge in [0.2, 0.25) is 0 Å². The van der Waals surface area contributed by atoms with E-state index in [2.05, 4.69) is 0 Å². The number of hydrogen-bond donors (Lipinski definition) is 1. The Hall–Kier alpha value is -0.320. The first-order chi connectivity index (χ1) is 8.15. The second-order valence-corrected chi connectivity index (χ2v) is 4.93. The van der Waals surface area contributed by atoms with Gasteiger partial charge in [0.25, 0.3) is 0 Å². The molecule has 1 aliphatic rings. The Morgan fingerprint density at radius 1 is 1.24 bits per heavy atom. The second kappa shape index (κ2) is 6.03. The summed E-state index contributed by atoms with van der Waals surface area (Å²) in [6, 6.07) is 5.56. The van der Waals surface area contributed by atoms with E-state index in [9.17, 15) is 0 Å². The molecule has 1 saturated heterocycles. The summed E-state index contributed by atoms with van der Waals surface area (Å²) in [5, 5.41) is 1.12. The largest absolute Gasteiger partial charge is 0.350 e. The molecule has 1 aromatic rings. The van der Waals surface area contributed by atoms with Crippen molar-refractivity contribution < 1.29 is 9.47 Å². The molecule has 1 unspecified atom stereocenters. The third-order valence-corrected chi connectivity index (χ3v) is 3.41. The number of rotatable bonds is 4. The zero-order valence-electron chi connectivity index (χ0n) is 9.36. The Kier molecular flexibility index (Phi) is 4.65. The average Bonchev–Trinajstić information content (AvgIpc) is 2.76. The van der Waals surface area contributed by atoms with Crippen LogP contribution >= 0.6 is 23.2 Å². The van der Waals surface area contributed by atoms with Crippen LogP contribution in [0.5, 0.6) is 0 Å². The highest BCUT2D eigenvalue weighted by Crippen LogP contribution is 2.23. The number of ether oxygens (including phenoxy) is 2. The van der Waals surface area contributed by atoms with Gasteiger partial charge in [-0.15, -0.1) is 0 Å².